The molecule has 1 aromatic heterocycles. The van der Waals surface area contributed by atoms with Gasteiger partial charge in [-0.1, -0.05) is 118 Å². The highest BCUT2D eigenvalue weighted by Gasteiger charge is 2.23. The number of nitrogens with one attached hydrogen (secondary N) is 2. The van der Waals surface area contributed by atoms with Crippen molar-refractivity contribution in [2.45, 2.75) is 80.5 Å². The van der Waals surface area contributed by atoms with Crippen LogP contribution in [0, 0.1) is 18.8 Å². The van der Waals surface area contributed by atoms with E-state index in [1.54, 1.807) is 12.1 Å². The Kier molecular flexibility index (Phi) is 18.4. The van der Waals surface area contributed by atoms with Crippen LogP contribution >= 0.6 is 0 Å². The fraction of sp³-hybridized carbons (Fsp3) is 0.347. The number of anilines is 4. The second-order valence-corrected chi connectivity index (χ2v) is 16.0. The van der Waals surface area contributed by atoms with Crippen LogP contribution < -0.4 is 20.4 Å². The Morgan fingerprint density at radius 1 is 0.667 bits per heavy atom. The minimum Gasteiger partial charge on any atom is -0.425 e. The average molecular weight is 861 g/mol. The maximum absolute atomic E-state index is 13.3. The van der Waals surface area contributed by atoms with Gasteiger partial charge in [-0.05, 0) is 72.2 Å². The number of pyridine rings is 1. The molecule has 0 spiro atoms. The van der Waals surface area contributed by atoms with Crippen LogP contribution in [-0.4, -0.2) is 54.9 Å². The van der Waals surface area contributed by atoms with Gasteiger partial charge >= 0.3 is 18.1 Å². The molecule has 0 aliphatic carbocycles. The Hall–Kier alpha value is -6.32. The average Bonchev–Trinajstić information content (AvgIpc) is 3.26. The van der Waals surface area contributed by atoms with Crippen molar-refractivity contribution in [3.8, 4) is 0 Å². The molecule has 0 bridgehead atoms. The molecule has 334 valence electrons. The molecule has 0 saturated carbocycles. The van der Waals surface area contributed by atoms with E-state index < -0.39 is 18.4 Å². The Balaban J connectivity index is 1.18. The molecular weight excluding hydrogens is 801 g/mol. The molecule has 1 unspecified atom stereocenters. The number of hydrogen-bond acceptors (Lipinski definition) is 11. The molecule has 0 radical (unpaired) electrons. The van der Waals surface area contributed by atoms with Crippen LogP contribution in [0.4, 0.5) is 32.5 Å². The Labute approximate surface area is 370 Å². The number of rotatable bonds is 22. The number of benzene rings is 4. The van der Waals surface area contributed by atoms with Crippen molar-refractivity contribution in [2.24, 2.45) is 11.8 Å². The van der Waals surface area contributed by atoms with E-state index in [4.69, 9.17) is 24.0 Å². The molecule has 5 rings (SSSR count). The van der Waals surface area contributed by atoms with Crippen LogP contribution in [0.15, 0.2) is 121 Å². The highest BCUT2D eigenvalue weighted by Crippen LogP contribution is 2.30. The van der Waals surface area contributed by atoms with Gasteiger partial charge in [0.15, 0.2) is 0 Å². The highest BCUT2D eigenvalue weighted by molar-refractivity contribution is 6.02. The molecule has 5 aromatic rings. The smallest absolute Gasteiger partial charge is 0.418 e. The summed E-state index contributed by atoms with van der Waals surface area (Å²) >= 11 is 0. The SMILES string of the molecule is Cc1ccc(NC(=O)Nc2cc(CCC(=O)OC(C)OC(=O)N(C)c3ncccc3CON(OCc3ccccc3)OCc3ccccc3)ccc2N(CC(C)C)CC(C)C)cc1. The zero-order valence-electron chi connectivity index (χ0n) is 37.3. The number of carbonyl (C=O) groups excluding carboxylic acids is 3. The van der Waals surface area contributed by atoms with Gasteiger partial charge in [0.05, 0.1) is 30.0 Å². The minimum absolute atomic E-state index is 0.00466. The Morgan fingerprint density at radius 2 is 1.27 bits per heavy atom. The number of esters is 1. The number of urea groups is 1. The molecule has 3 amide bonds. The van der Waals surface area contributed by atoms with Crippen molar-refractivity contribution in [1.82, 2.24) is 10.4 Å². The second-order valence-electron chi connectivity index (χ2n) is 16.0. The summed E-state index contributed by atoms with van der Waals surface area (Å²) in [6, 6.07) is 35.7. The summed E-state index contributed by atoms with van der Waals surface area (Å²) in [5, 5.41) is 6.92. The quantitative estimate of drug-likeness (QED) is 0.0390. The van der Waals surface area contributed by atoms with Gasteiger partial charge in [-0.2, -0.15) is 0 Å². The summed E-state index contributed by atoms with van der Waals surface area (Å²) in [7, 11) is 1.50. The zero-order chi connectivity index (χ0) is 45.1. The van der Waals surface area contributed by atoms with Crippen molar-refractivity contribution in [3.05, 3.63) is 149 Å². The Bertz CT molecular complexity index is 2140. The predicted octanol–water partition coefficient (Wildman–Crippen LogP) is 10.2. The molecule has 2 N–H and O–H groups in total. The van der Waals surface area contributed by atoms with Crippen LogP contribution in [0.1, 0.15) is 68.9 Å². The monoisotopic (exact) mass is 860 g/mol. The number of nitrogens with zero attached hydrogens (tertiary/aromatic N) is 4. The van der Waals surface area contributed by atoms with E-state index in [2.05, 4.69) is 48.2 Å². The maximum atomic E-state index is 13.3. The van der Waals surface area contributed by atoms with Gasteiger partial charge in [0.1, 0.15) is 12.4 Å². The Morgan fingerprint density at radius 3 is 1.87 bits per heavy atom. The van der Waals surface area contributed by atoms with Crippen LogP contribution in [0.5, 0.6) is 0 Å². The largest absolute Gasteiger partial charge is 0.425 e. The summed E-state index contributed by atoms with van der Waals surface area (Å²) in [5.41, 5.74) is 6.45. The van der Waals surface area contributed by atoms with Crippen molar-refractivity contribution >= 4 is 41.0 Å². The van der Waals surface area contributed by atoms with Crippen LogP contribution in [0.2, 0.25) is 0 Å². The van der Waals surface area contributed by atoms with E-state index in [1.807, 2.05) is 110 Å². The lowest BCUT2D eigenvalue weighted by Crippen LogP contribution is -2.33. The predicted molar refractivity (Wildman–Crippen MR) is 244 cm³/mol. The first-order valence-corrected chi connectivity index (χ1v) is 21.2. The number of aryl methyl sites for hydroxylation is 2. The fourth-order valence-electron chi connectivity index (χ4n) is 6.49. The summed E-state index contributed by atoms with van der Waals surface area (Å²) in [5.74, 6) is 0.464. The molecular formula is C49H60N6O8. The first-order valence-electron chi connectivity index (χ1n) is 21.2. The van der Waals surface area contributed by atoms with Crippen molar-refractivity contribution in [1.29, 1.82) is 0 Å². The summed E-state index contributed by atoms with van der Waals surface area (Å²) in [4.78, 5) is 65.1. The number of aromatic nitrogens is 1. The first-order chi connectivity index (χ1) is 30.3. The van der Waals surface area contributed by atoms with Crippen LogP contribution in [-0.2, 0) is 55.0 Å². The van der Waals surface area contributed by atoms with Crippen LogP contribution in [0.25, 0.3) is 0 Å². The summed E-state index contributed by atoms with van der Waals surface area (Å²) < 4.78 is 11.0. The third kappa shape index (κ3) is 16.1. The van der Waals surface area contributed by atoms with Gasteiger partial charge in [0, 0.05) is 50.9 Å². The number of carbonyl (C=O) groups is 3. The lowest BCUT2D eigenvalue weighted by Gasteiger charge is -2.30. The van der Waals surface area contributed by atoms with E-state index in [0.717, 1.165) is 46.4 Å². The van der Waals surface area contributed by atoms with E-state index in [1.165, 1.54) is 25.1 Å². The number of ether oxygens (including phenoxy) is 2. The van der Waals surface area contributed by atoms with E-state index in [0.29, 0.717) is 35.2 Å². The van der Waals surface area contributed by atoms with Gasteiger partial charge in [0.25, 0.3) is 0 Å². The highest BCUT2D eigenvalue weighted by atomic mass is 17.2. The minimum atomic E-state index is -1.20. The van der Waals surface area contributed by atoms with E-state index in [9.17, 15) is 14.4 Å². The normalized spacial score (nSPS) is 11.7. The molecule has 0 aliphatic rings. The fourth-order valence-corrected chi connectivity index (χ4v) is 6.49. The molecule has 1 heterocycles. The standard InChI is InChI=1S/C49H60N6O8/c1-35(2)30-54(31-36(3)4)45-26-22-39(29-44(45)52-48(57)51-43-24-20-37(5)21-25-43)23-27-46(56)62-38(6)63-49(58)53(7)47-42(19-14-28-50-47)34-61-55(59-32-40-15-10-8-11-16-40)60-33-41-17-12-9-13-18-41/h8-22,24-26,28-29,35-36,38H,23,27,30-34H2,1-7H3,(H2,51,52,57). The van der Waals surface area contributed by atoms with Crippen molar-refractivity contribution in [2.75, 3.05) is 40.6 Å². The molecule has 0 aliphatic heterocycles. The molecule has 14 nitrogen and oxygen atoms in total. The number of amides is 3. The second kappa shape index (κ2) is 24.4. The van der Waals surface area contributed by atoms with Gasteiger partial charge in [0.2, 0.25) is 6.29 Å². The van der Waals surface area contributed by atoms with Crippen LogP contribution in [0.3, 0.4) is 0 Å². The van der Waals surface area contributed by atoms with Gasteiger partial charge in [-0.25, -0.2) is 29.1 Å². The molecule has 63 heavy (non-hydrogen) atoms. The zero-order valence-corrected chi connectivity index (χ0v) is 37.3. The molecule has 4 aromatic carbocycles. The first kappa shape index (κ1) is 47.7. The summed E-state index contributed by atoms with van der Waals surface area (Å²) in [6.45, 7) is 14.0. The molecule has 0 fully saturated rings. The third-order valence-corrected chi connectivity index (χ3v) is 9.46. The van der Waals surface area contributed by atoms with Crippen molar-refractivity contribution in [3.63, 3.8) is 0 Å². The van der Waals surface area contributed by atoms with Gasteiger partial charge in [-0.3, -0.25) is 9.69 Å². The molecule has 1 atom stereocenters. The van der Waals surface area contributed by atoms with Gasteiger partial charge < -0.3 is 25.0 Å². The van der Waals surface area contributed by atoms with Gasteiger partial charge in [-0.15, -0.1) is 0 Å². The lowest BCUT2D eigenvalue weighted by atomic mass is 10.1. The topological polar surface area (TPSA) is 144 Å². The van der Waals surface area contributed by atoms with E-state index in [-0.39, 0.29) is 38.1 Å². The molecule has 0 saturated heterocycles. The molecule has 14 heteroatoms. The summed E-state index contributed by atoms with van der Waals surface area (Å²) in [6.07, 6.45) is -0.131. The van der Waals surface area contributed by atoms with E-state index >= 15 is 0 Å². The third-order valence-electron chi connectivity index (χ3n) is 9.46. The lowest BCUT2D eigenvalue weighted by molar-refractivity contribution is -0.538. The maximum Gasteiger partial charge on any atom is 0.418 e. The number of hydrogen-bond donors (Lipinski definition) is 2. The van der Waals surface area contributed by atoms with Crippen molar-refractivity contribution < 1.29 is 38.4 Å².